The summed E-state index contributed by atoms with van der Waals surface area (Å²) in [6.07, 6.45) is 2.77. The Bertz CT molecular complexity index is 753. The second kappa shape index (κ2) is 6.65. The van der Waals surface area contributed by atoms with E-state index in [1.54, 1.807) is 0 Å². The number of hydrogen-bond acceptors (Lipinski definition) is 8. The molecule has 1 saturated heterocycles. The lowest BCUT2D eigenvalue weighted by Crippen LogP contribution is -2.38. The van der Waals surface area contributed by atoms with E-state index in [2.05, 4.69) is 15.0 Å². The summed E-state index contributed by atoms with van der Waals surface area (Å²) in [5.41, 5.74) is 5.73. The molecule has 2 fully saturated rings. The van der Waals surface area contributed by atoms with Gasteiger partial charge in [0.1, 0.15) is 30.2 Å². The van der Waals surface area contributed by atoms with Crippen molar-refractivity contribution < 1.29 is 19.7 Å². The molecule has 1 aliphatic heterocycles. The van der Waals surface area contributed by atoms with E-state index < -0.39 is 30.1 Å². The van der Waals surface area contributed by atoms with Gasteiger partial charge in [-0.15, -0.1) is 0 Å². The minimum Gasteiger partial charge on any atom is -0.387 e. The van der Waals surface area contributed by atoms with E-state index in [-0.39, 0.29) is 11.9 Å². The molecule has 25 heavy (non-hydrogen) atoms. The van der Waals surface area contributed by atoms with E-state index in [0.717, 1.165) is 25.7 Å². The average molecular weight is 370 g/mol. The number of aliphatic hydroxyl groups is 2. The van der Waals surface area contributed by atoms with E-state index in [0.29, 0.717) is 11.2 Å². The van der Waals surface area contributed by atoms with Crippen LogP contribution in [0.4, 0.5) is 5.82 Å². The van der Waals surface area contributed by atoms with Crippen LogP contribution in [0.2, 0.25) is 0 Å². The highest BCUT2D eigenvalue weighted by Gasteiger charge is 2.48. The molecule has 1 unspecified atom stereocenters. The van der Waals surface area contributed by atoms with E-state index in [4.69, 9.17) is 26.8 Å². The lowest BCUT2D eigenvalue weighted by molar-refractivity contribution is -0.0961. The van der Waals surface area contributed by atoms with Gasteiger partial charge in [0.2, 0.25) is 0 Å². The van der Waals surface area contributed by atoms with E-state index >= 15 is 0 Å². The van der Waals surface area contributed by atoms with Crippen LogP contribution >= 0.6 is 11.6 Å². The van der Waals surface area contributed by atoms with Crippen LogP contribution < -0.4 is 5.73 Å². The van der Waals surface area contributed by atoms with Crippen LogP contribution in [0.25, 0.3) is 11.2 Å². The van der Waals surface area contributed by atoms with Gasteiger partial charge in [0, 0.05) is 0 Å². The van der Waals surface area contributed by atoms with Crippen molar-refractivity contribution in [2.24, 2.45) is 0 Å². The molecule has 1 saturated carbocycles. The van der Waals surface area contributed by atoms with E-state index in [1.165, 1.54) is 17.2 Å². The first-order valence-electron chi connectivity index (χ1n) is 8.30. The molecule has 1 aliphatic carbocycles. The van der Waals surface area contributed by atoms with Gasteiger partial charge in [-0.05, 0) is 12.8 Å². The van der Waals surface area contributed by atoms with Crippen LogP contribution in [0.1, 0.15) is 31.9 Å². The Kier molecular flexibility index (Phi) is 4.50. The normalized spacial score (nSPS) is 31.8. The van der Waals surface area contributed by atoms with Crippen LogP contribution in [0, 0.1) is 0 Å². The molecular weight excluding hydrogens is 350 g/mol. The van der Waals surface area contributed by atoms with Crippen molar-refractivity contribution >= 4 is 28.6 Å². The number of aliphatic hydroxyl groups excluding tert-OH is 2. The monoisotopic (exact) mass is 369 g/mol. The number of halogens is 1. The highest BCUT2D eigenvalue weighted by atomic mass is 35.5. The topological polar surface area (TPSA) is 129 Å². The summed E-state index contributed by atoms with van der Waals surface area (Å²) in [7, 11) is 0. The van der Waals surface area contributed by atoms with Gasteiger partial charge in [0.25, 0.3) is 0 Å². The lowest BCUT2D eigenvalue weighted by atomic mass is 10.1. The predicted octanol–water partition coefficient (Wildman–Crippen LogP) is 0.552. The Morgan fingerprint density at radius 3 is 2.76 bits per heavy atom. The molecule has 5 atom stereocenters. The van der Waals surface area contributed by atoms with Crippen molar-refractivity contribution in [1.29, 1.82) is 0 Å². The molecule has 4 N–H and O–H groups in total. The first-order chi connectivity index (χ1) is 12.1. The fourth-order valence-corrected chi connectivity index (χ4v) is 3.83. The molecule has 0 bridgehead atoms. The van der Waals surface area contributed by atoms with Gasteiger partial charge in [-0.2, -0.15) is 0 Å². The maximum atomic E-state index is 10.4. The molecule has 0 spiro atoms. The maximum absolute atomic E-state index is 10.4. The molecule has 0 amide bonds. The molecular formula is C15H20ClN5O4. The highest BCUT2D eigenvalue weighted by Crippen LogP contribution is 2.36. The van der Waals surface area contributed by atoms with Crippen molar-refractivity contribution in [3.63, 3.8) is 0 Å². The second-order valence-electron chi connectivity index (χ2n) is 6.45. The molecule has 10 heteroatoms. The highest BCUT2D eigenvalue weighted by molar-refractivity contribution is 6.20. The minimum absolute atomic E-state index is 0.0658. The van der Waals surface area contributed by atoms with E-state index in [1.807, 2.05) is 0 Å². The van der Waals surface area contributed by atoms with Crippen LogP contribution in [-0.2, 0) is 9.47 Å². The number of nitrogen functional groups attached to an aromatic ring is 1. The molecule has 4 rings (SSSR count). The number of aromatic nitrogens is 4. The third-order valence-corrected chi connectivity index (χ3v) is 5.17. The molecule has 0 radical (unpaired) electrons. The van der Waals surface area contributed by atoms with Gasteiger partial charge in [-0.3, -0.25) is 4.57 Å². The van der Waals surface area contributed by atoms with Gasteiger partial charge in [0.05, 0.1) is 12.4 Å². The Balaban J connectivity index is 1.55. The van der Waals surface area contributed by atoms with Gasteiger partial charge < -0.3 is 25.4 Å². The Morgan fingerprint density at radius 1 is 1.24 bits per heavy atom. The van der Waals surface area contributed by atoms with Crippen LogP contribution in [-0.4, -0.2) is 59.7 Å². The summed E-state index contributed by atoms with van der Waals surface area (Å²) in [4.78, 5) is 12.2. The lowest BCUT2D eigenvalue weighted by Gasteiger charge is -2.23. The average Bonchev–Trinajstić information content (AvgIpc) is 3.30. The number of hydrogen-bond donors (Lipinski definition) is 3. The Hall–Kier alpha value is -1.52. The molecule has 2 aromatic rings. The Labute approximate surface area is 148 Å². The quantitative estimate of drug-likeness (QED) is 0.666. The first kappa shape index (κ1) is 16.9. The molecule has 2 aromatic heterocycles. The molecule has 136 valence electrons. The standard InChI is InChI=1S/C15H20ClN5O4/c16-12(24-7-3-1-2-4-7)11-9(22)10(23)15(25-11)21-6-20-8-13(17)18-5-19-14(8)21/h5-7,9-12,15,22-23H,1-4H2,(H2,17,18,19)/t9-,10+,11-,12?,15+/m0/s1. The van der Waals surface area contributed by atoms with Gasteiger partial charge in [0.15, 0.2) is 23.3 Å². The molecule has 0 aromatic carbocycles. The SMILES string of the molecule is Nc1ncnc2c1ncn2[C@@H]1O[C@H](C(Cl)OC2CCCC2)[C@@H](O)[C@H]1O. The van der Waals surface area contributed by atoms with Gasteiger partial charge in [-0.1, -0.05) is 24.4 Å². The first-order valence-corrected chi connectivity index (χ1v) is 8.74. The minimum atomic E-state index is -1.20. The van der Waals surface area contributed by atoms with Crippen LogP contribution in [0.15, 0.2) is 12.7 Å². The molecule has 9 nitrogen and oxygen atoms in total. The number of fused-ring (bicyclic) bond motifs is 1. The number of alkyl halides is 1. The second-order valence-corrected chi connectivity index (χ2v) is 6.88. The van der Waals surface area contributed by atoms with Crippen LogP contribution in [0.3, 0.4) is 0 Å². The zero-order valence-corrected chi connectivity index (χ0v) is 14.2. The summed E-state index contributed by atoms with van der Waals surface area (Å²) >= 11 is 6.31. The number of rotatable bonds is 4. The summed E-state index contributed by atoms with van der Waals surface area (Å²) in [5.74, 6) is 0.230. The third kappa shape index (κ3) is 2.96. The number of nitrogens with two attached hydrogens (primary N) is 1. The maximum Gasteiger partial charge on any atom is 0.167 e. The summed E-state index contributed by atoms with van der Waals surface area (Å²) in [6, 6.07) is 0. The van der Waals surface area contributed by atoms with Crippen LogP contribution in [0.5, 0.6) is 0 Å². The van der Waals surface area contributed by atoms with Crippen molar-refractivity contribution in [3.8, 4) is 0 Å². The smallest absolute Gasteiger partial charge is 0.167 e. The summed E-state index contributed by atoms with van der Waals surface area (Å²) < 4.78 is 13.1. The third-order valence-electron chi connectivity index (χ3n) is 4.82. The molecule has 2 aliphatic rings. The number of imidazole rings is 1. The fourth-order valence-electron chi connectivity index (χ4n) is 3.47. The Morgan fingerprint density at radius 2 is 2.00 bits per heavy atom. The number of ether oxygens (including phenoxy) is 2. The largest absolute Gasteiger partial charge is 0.387 e. The number of nitrogens with zero attached hydrogens (tertiary/aromatic N) is 4. The number of anilines is 1. The molecule has 3 heterocycles. The summed E-state index contributed by atoms with van der Waals surface area (Å²) in [6.45, 7) is 0. The predicted molar refractivity (Wildman–Crippen MR) is 88.6 cm³/mol. The van der Waals surface area contributed by atoms with E-state index in [9.17, 15) is 10.2 Å². The van der Waals surface area contributed by atoms with Gasteiger partial charge in [-0.25, -0.2) is 15.0 Å². The van der Waals surface area contributed by atoms with Crippen molar-refractivity contribution in [2.75, 3.05) is 5.73 Å². The zero-order valence-electron chi connectivity index (χ0n) is 13.4. The van der Waals surface area contributed by atoms with Crippen molar-refractivity contribution in [3.05, 3.63) is 12.7 Å². The van der Waals surface area contributed by atoms with Crippen molar-refractivity contribution in [2.45, 2.75) is 61.9 Å². The van der Waals surface area contributed by atoms with Crippen molar-refractivity contribution in [1.82, 2.24) is 19.5 Å². The van der Waals surface area contributed by atoms with Gasteiger partial charge >= 0.3 is 0 Å². The fraction of sp³-hybridized carbons (Fsp3) is 0.667. The zero-order chi connectivity index (χ0) is 17.6. The summed E-state index contributed by atoms with van der Waals surface area (Å²) in [5, 5.41) is 20.8.